The van der Waals surface area contributed by atoms with Gasteiger partial charge in [0.15, 0.2) is 0 Å². The number of nitrogens with one attached hydrogen (secondary N) is 1. The molecule has 0 heterocycles. The summed E-state index contributed by atoms with van der Waals surface area (Å²) >= 11 is 5.92. The molecular weight excluding hydrogens is 222 g/mol. The van der Waals surface area contributed by atoms with Crippen LogP contribution in [0.3, 0.4) is 0 Å². The summed E-state index contributed by atoms with van der Waals surface area (Å²) < 4.78 is 5.05. The van der Waals surface area contributed by atoms with E-state index in [2.05, 4.69) is 18.3 Å². The van der Waals surface area contributed by atoms with E-state index < -0.39 is 0 Å². The van der Waals surface area contributed by atoms with Crippen molar-refractivity contribution in [3.8, 4) is 0 Å². The van der Waals surface area contributed by atoms with Gasteiger partial charge in [0.05, 0.1) is 6.61 Å². The fourth-order valence-corrected chi connectivity index (χ4v) is 1.86. The molecule has 0 aromatic heterocycles. The Balaban J connectivity index is 2.16. The smallest absolute Gasteiger partial charge is 0.0613 e. The largest absolute Gasteiger partial charge is 0.383 e. The molecule has 1 aromatic carbocycles. The molecule has 0 radical (unpaired) electrons. The first-order chi connectivity index (χ1) is 7.72. The Morgan fingerprint density at radius 1 is 1.44 bits per heavy atom. The van der Waals surface area contributed by atoms with Gasteiger partial charge < -0.3 is 10.1 Å². The Hall–Kier alpha value is -0.570. The highest BCUT2D eigenvalue weighted by Gasteiger charge is 1.99. The van der Waals surface area contributed by atoms with Gasteiger partial charge in [-0.15, -0.1) is 0 Å². The summed E-state index contributed by atoms with van der Waals surface area (Å²) in [5, 5.41) is 4.23. The standard InChI is InChI=1S/C13H20ClNO/c1-11(10-16-2)15-8-4-6-12-5-3-7-13(14)9-12/h3,5,7,9,11,15H,4,6,8,10H2,1-2H3. The number of methoxy groups -OCH3 is 1. The Kier molecular flexibility index (Phi) is 6.46. The molecule has 1 N–H and O–H groups in total. The third kappa shape index (κ3) is 5.50. The van der Waals surface area contributed by atoms with E-state index in [1.54, 1.807) is 7.11 Å². The number of aryl methyl sites for hydroxylation is 1. The van der Waals surface area contributed by atoms with Crippen molar-refractivity contribution in [2.75, 3.05) is 20.3 Å². The lowest BCUT2D eigenvalue weighted by atomic mass is 10.1. The summed E-state index contributed by atoms with van der Waals surface area (Å²) in [4.78, 5) is 0. The molecule has 0 saturated carbocycles. The van der Waals surface area contributed by atoms with Crippen LogP contribution in [-0.4, -0.2) is 26.3 Å². The van der Waals surface area contributed by atoms with E-state index in [1.165, 1.54) is 5.56 Å². The summed E-state index contributed by atoms with van der Waals surface area (Å²) in [6.45, 7) is 3.90. The van der Waals surface area contributed by atoms with E-state index >= 15 is 0 Å². The number of hydrogen-bond acceptors (Lipinski definition) is 2. The first-order valence-corrected chi connectivity index (χ1v) is 6.07. The van der Waals surface area contributed by atoms with Crippen LogP contribution in [0.15, 0.2) is 24.3 Å². The molecular formula is C13H20ClNO. The summed E-state index contributed by atoms with van der Waals surface area (Å²) in [7, 11) is 1.73. The molecule has 90 valence electrons. The van der Waals surface area contributed by atoms with Crippen LogP contribution in [0.1, 0.15) is 18.9 Å². The minimum Gasteiger partial charge on any atom is -0.383 e. The van der Waals surface area contributed by atoms with E-state index in [4.69, 9.17) is 16.3 Å². The van der Waals surface area contributed by atoms with Crippen LogP contribution in [0.4, 0.5) is 0 Å². The molecule has 0 bridgehead atoms. The number of rotatable bonds is 7. The second-order valence-corrected chi connectivity index (χ2v) is 4.48. The molecule has 0 fully saturated rings. The Morgan fingerprint density at radius 2 is 2.25 bits per heavy atom. The molecule has 0 aliphatic rings. The zero-order valence-electron chi connectivity index (χ0n) is 10.0. The van der Waals surface area contributed by atoms with Gasteiger partial charge >= 0.3 is 0 Å². The van der Waals surface area contributed by atoms with Crippen molar-refractivity contribution in [1.29, 1.82) is 0 Å². The predicted octanol–water partition coefficient (Wildman–Crippen LogP) is 2.90. The zero-order valence-corrected chi connectivity index (χ0v) is 10.8. The maximum absolute atomic E-state index is 5.92. The summed E-state index contributed by atoms with van der Waals surface area (Å²) in [6, 6.07) is 8.47. The van der Waals surface area contributed by atoms with Gasteiger partial charge in [-0.2, -0.15) is 0 Å². The lowest BCUT2D eigenvalue weighted by Gasteiger charge is -2.12. The van der Waals surface area contributed by atoms with Crippen LogP contribution in [0.2, 0.25) is 5.02 Å². The summed E-state index contributed by atoms with van der Waals surface area (Å²) in [5.41, 5.74) is 1.30. The Bertz CT molecular complexity index is 304. The Labute approximate surface area is 103 Å². The van der Waals surface area contributed by atoms with Gasteiger partial charge in [-0.1, -0.05) is 23.7 Å². The van der Waals surface area contributed by atoms with E-state index in [1.807, 2.05) is 18.2 Å². The highest BCUT2D eigenvalue weighted by Crippen LogP contribution is 2.11. The van der Waals surface area contributed by atoms with Crippen LogP contribution < -0.4 is 5.32 Å². The number of hydrogen-bond donors (Lipinski definition) is 1. The average molecular weight is 242 g/mol. The molecule has 2 nitrogen and oxygen atoms in total. The van der Waals surface area contributed by atoms with E-state index in [0.717, 1.165) is 31.0 Å². The van der Waals surface area contributed by atoms with Crippen LogP contribution in [0.5, 0.6) is 0 Å². The zero-order chi connectivity index (χ0) is 11.8. The molecule has 1 atom stereocenters. The quantitative estimate of drug-likeness (QED) is 0.742. The van der Waals surface area contributed by atoms with Crippen molar-refractivity contribution in [2.24, 2.45) is 0 Å². The van der Waals surface area contributed by atoms with Crippen LogP contribution in [-0.2, 0) is 11.2 Å². The predicted molar refractivity (Wildman–Crippen MR) is 69.1 cm³/mol. The van der Waals surface area contributed by atoms with Crippen molar-refractivity contribution in [2.45, 2.75) is 25.8 Å². The molecule has 0 spiro atoms. The SMILES string of the molecule is COCC(C)NCCCc1cccc(Cl)c1. The van der Waals surface area contributed by atoms with Crippen LogP contribution >= 0.6 is 11.6 Å². The van der Waals surface area contributed by atoms with Crippen molar-refractivity contribution < 1.29 is 4.74 Å². The molecule has 1 aromatic rings. The molecule has 0 aliphatic carbocycles. The topological polar surface area (TPSA) is 21.3 Å². The van der Waals surface area contributed by atoms with Crippen LogP contribution in [0, 0.1) is 0 Å². The van der Waals surface area contributed by atoms with Gasteiger partial charge in [0, 0.05) is 18.2 Å². The van der Waals surface area contributed by atoms with Crippen molar-refractivity contribution in [3.63, 3.8) is 0 Å². The van der Waals surface area contributed by atoms with Gasteiger partial charge in [-0.3, -0.25) is 0 Å². The van der Waals surface area contributed by atoms with Crippen molar-refractivity contribution in [1.82, 2.24) is 5.32 Å². The van der Waals surface area contributed by atoms with E-state index in [0.29, 0.717) is 6.04 Å². The molecule has 0 amide bonds. The maximum Gasteiger partial charge on any atom is 0.0613 e. The third-order valence-electron chi connectivity index (χ3n) is 2.44. The first kappa shape index (κ1) is 13.5. The normalized spacial score (nSPS) is 12.7. The van der Waals surface area contributed by atoms with Gasteiger partial charge in [0.2, 0.25) is 0 Å². The fourth-order valence-electron chi connectivity index (χ4n) is 1.64. The summed E-state index contributed by atoms with van der Waals surface area (Å²) in [6.07, 6.45) is 2.18. The van der Waals surface area contributed by atoms with Crippen LogP contribution in [0.25, 0.3) is 0 Å². The third-order valence-corrected chi connectivity index (χ3v) is 2.68. The molecule has 3 heteroatoms. The van der Waals surface area contributed by atoms with Gasteiger partial charge in [-0.05, 0) is 44.0 Å². The molecule has 0 saturated heterocycles. The number of halogens is 1. The van der Waals surface area contributed by atoms with Gasteiger partial charge in [0.25, 0.3) is 0 Å². The lowest BCUT2D eigenvalue weighted by molar-refractivity contribution is 0.172. The Morgan fingerprint density at radius 3 is 2.94 bits per heavy atom. The molecule has 0 aliphatic heterocycles. The van der Waals surface area contributed by atoms with E-state index in [-0.39, 0.29) is 0 Å². The highest BCUT2D eigenvalue weighted by atomic mass is 35.5. The average Bonchev–Trinajstić information content (AvgIpc) is 2.25. The molecule has 1 unspecified atom stereocenters. The first-order valence-electron chi connectivity index (χ1n) is 5.69. The monoisotopic (exact) mass is 241 g/mol. The van der Waals surface area contributed by atoms with Gasteiger partial charge in [-0.25, -0.2) is 0 Å². The van der Waals surface area contributed by atoms with Gasteiger partial charge in [0.1, 0.15) is 0 Å². The number of benzene rings is 1. The maximum atomic E-state index is 5.92. The lowest BCUT2D eigenvalue weighted by Crippen LogP contribution is -2.31. The van der Waals surface area contributed by atoms with Crippen molar-refractivity contribution in [3.05, 3.63) is 34.9 Å². The highest BCUT2D eigenvalue weighted by molar-refractivity contribution is 6.30. The minimum absolute atomic E-state index is 0.421. The van der Waals surface area contributed by atoms with E-state index in [9.17, 15) is 0 Å². The van der Waals surface area contributed by atoms with Crippen molar-refractivity contribution >= 4 is 11.6 Å². The fraction of sp³-hybridized carbons (Fsp3) is 0.538. The summed E-state index contributed by atoms with van der Waals surface area (Å²) in [5.74, 6) is 0. The second-order valence-electron chi connectivity index (χ2n) is 4.04. The molecule has 16 heavy (non-hydrogen) atoms. The molecule has 1 rings (SSSR count). The second kappa shape index (κ2) is 7.66. The number of ether oxygens (including phenoxy) is 1. The minimum atomic E-state index is 0.421.